The van der Waals surface area contributed by atoms with E-state index in [0.717, 1.165) is 0 Å². The van der Waals surface area contributed by atoms with Crippen molar-refractivity contribution in [2.24, 2.45) is 5.41 Å². The maximum atomic E-state index is 10.7. The molecule has 1 heterocycles. The van der Waals surface area contributed by atoms with E-state index in [9.17, 15) is 5.11 Å². The van der Waals surface area contributed by atoms with Crippen LogP contribution in [0.1, 0.15) is 46.4 Å². The van der Waals surface area contributed by atoms with Crippen molar-refractivity contribution in [1.82, 2.24) is 9.78 Å². The molecule has 0 spiro atoms. The smallest absolute Gasteiger partial charge is 0.162 e. The second-order valence-corrected chi connectivity index (χ2v) is 5.60. The van der Waals surface area contributed by atoms with Gasteiger partial charge in [-0.2, -0.15) is 5.10 Å². The van der Waals surface area contributed by atoms with Gasteiger partial charge in [0.25, 0.3) is 0 Å². The first-order valence-corrected chi connectivity index (χ1v) is 6.76. The summed E-state index contributed by atoms with van der Waals surface area (Å²) in [6.45, 7) is 11.3. The van der Waals surface area contributed by atoms with Crippen LogP contribution in [-0.2, 0) is 11.3 Å². The zero-order valence-electron chi connectivity index (χ0n) is 12.8. The van der Waals surface area contributed by atoms with Crippen LogP contribution in [-0.4, -0.2) is 34.7 Å². The normalized spacial score (nSPS) is 15.3. The Morgan fingerprint density at radius 1 is 1.37 bits per heavy atom. The van der Waals surface area contributed by atoms with Gasteiger partial charge < -0.3 is 14.6 Å². The Morgan fingerprint density at radius 2 is 2.00 bits per heavy atom. The summed E-state index contributed by atoms with van der Waals surface area (Å²) < 4.78 is 12.8. The molecule has 2 atom stereocenters. The molecule has 0 radical (unpaired) electrons. The van der Waals surface area contributed by atoms with E-state index in [-0.39, 0.29) is 11.5 Å². The summed E-state index contributed by atoms with van der Waals surface area (Å²) >= 11 is 0. The monoisotopic (exact) mass is 270 g/mol. The number of nitrogens with zero attached hydrogens (tertiary/aromatic N) is 2. The van der Waals surface area contributed by atoms with E-state index < -0.39 is 6.10 Å². The van der Waals surface area contributed by atoms with Gasteiger partial charge in [0.15, 0.2) is 5.75 Å². The van der Waals surface area contributed by atoms with Crippen LogP contribution < -0.4 is 4.74 Å². The SMILES string of the molecule is CCOC(C(O)c1c(OC)cnn1CC)C(C)(C)C. The van der Waals surface area contributed by atoms with Crippen LogP contribution in [0.25, 0.3) is 0 Å². The Balaban J connectivity index is 3.15. The molecule has 1 rings (SSSR count). The lowest BCUT2D eigenvalue weighted by Crippen LogP contribution is -2.36. The molecule has 5 nitrogen and oxygen atoms in total. The quantitative estimate of drug-likeness (QED) is 0.862. The Labute approximate surface area is 115 Å². The van der Waals surface area contributed by atoms with Gasteiger partial charge >= 0.3 is 0 Å². The molecule has 0 saturated carbocycles. The van der Waals surface area contributed by atoms with Crippen LogP contribution in [0.5, 0.6) is 5.75 Å². The molecule has 0 amide bonds. The lowest BCUT2D eigenvalue weighted by molar-refractivity contribution is -0.0931. The number of hydrogen-bond donors (Lipinski definition) is 1. The highest BCUT2D eigenvalue weighted by Crippen LogP contribution is 2.36. The van der Waals surface area contributed by atoms with E-state index >= 15 is 0 Å². The molecule has 110 valence electrons. The largest absolute Gasteiger partial charge is 0.493 e. The lowest BCUT2D eigenvalue weighted by atomic mass is 9.84. The number of rotatable bonds is 6. The van der Waals surface area contributed by atoms with Gasteiger partial charge in [-0.25, -0.2) is 0 Å². The fraction of sp³-hybridized carbons (Fsp3) is 0.786. The molecular formula is C14H26N2O3. The Morgan fingerprint density at radius 3 is 2.42 bits per heavy atom. The van der Waals surface area contributed by atoms with Crippen LogP contribution in [0.2, 0.25) is 0 Å². The average molecular weight is 270 g/mol. The summed E-state index contributed by atoms with van der Waals surface area (Å²) in [5.74, 6) is 0.600. The summed E-state index contributed by atoms with van der Waals surface area (Å²) in [4.78, 5) is 0. The highest BCUT2D eigenvalue weighted by Gasteiger charge is 2.36. The second kappa shape index (κ2) is 6.39. The molecule has 0 bridgehead atoms. The third-order valence-electron chi connectivity index (χ3n) is 3.13. The summed E-state index contributed by atoms with van der Waals surface area (Å²) in [5.41, 5.74) is 0.502. The van der Waals surface area contributed by atoms with Crippen molar-refractivity contribution in [2.45, 2.75) is 53.4 Å². The molecule has 0 aliphatic heterocycles. The van der Waals surface area contributed by atoms with Crippen molar-refractivity contribution in [3.05, 3.63) is 11.9 Å². The van der Waals surface area contributed by atoms with Gasteiger partial charge in [-0.05, 0) is 19.3 Å². The van der Waals surface area contributed by atoms with Gasteiger partial charge in [-0.1, -0.05) is 20.8 Å². The molecular weight excluding hydrogens is 244 g/mol. The van der Waals surface area contributed by atoms with E-state index in [0.29, 0.717) is 24.6 Å². The van der Waals surface area contributed by atoms with Gasteiger partial charge in [0, 0.05) is 13.2 Å². The average Bonchev–Trinajstić information content (AvgIpc) is 2.76. The fourth-order valence-electron chi connectivity index (χ4n) is 2.22. The molecule has 0 fully saturated rings. The number of hydrogen-bond acceptors (Lipinski definition) is 4. The topological polar surface area (TPSA) is 56.5 Å². The highest BCUT2D eigenvalue weighted by atomic mass is 16.5. The van der Waals surface area contributed by atoms with Gasteiger partial charge in [-0.15, -0.1) is 0 Å². The minimum Gasteiger partial charge on any atom is -0.493 e. The van der Waals surface area contributed by atoms with Crippen LogP contribution in [0.15, 0.2) is 6.20 Å². The van der Waals surface area contributed by atoms with Crippen LogP contribution >= 0.6 is 0 Å². The molecule has 0 aromatic carbocycles. The summed E-state index contributed by atoms with van der Waals surface area (Å²) in [6.07, 6.45) is 0.555. The van der Waals surface area contributed by atoms with E-state index in [2.05, 4.69) is 25.9 Å². The third-order valence-corrected chi connectivity index (χ3v) is 3.13. The number of aliphatic hydroxyl groups excluding tert-OH is 1. The number of aromatic nitrogens is 2. The fourth-order valence-corrected chi connectivity index (χ4v) is 2.22. The highest BCUT2D eigenvalue weighted by molar-refractivity contribution is 5.28. The first-order valence-electron chi connectivity index (χ1n) is 6.76. The van der Waals surface area contributed by atoms with Crippen LogP contribution in [0.4, 0.5) is 0 Å². The zero-order valence-corrected chi connectivity index (χ0v) is 12.8. The zero-order chi connectivity index (χ0) is 14.6. The summed E-state index contributed by atoms with van der Waals surface area (Å²) in [7, 11) is 1.58. The second-order valence-electron chi connectivity index (χ2n) is 5.60. The first kappa shape index (κ1) is 16.0. The number of aliphatic hydroxyl groups is 1. The third kappa shape index (κ3) is 3.48. The van der Waals surface area contributed by atoms with Crippen molar-refractivity contribution in [2.75, 3.05) is 13.7 Å². The van der Waals surface area contributed by atoms with Crippen molar-refractivity contribution >= 4 is 0 Å². The lowest BCUT2D eigenvalue weighted by Gasteiger charge is -2.34. The van der Waals surface area contributed by atoms with Crippen molar-refractivity contribution in [3.63, 3.8) is 0 Å². The first-order chi connectivity index (χ1) is 8.86. The van der Waals surface area contributed by atoms with Crippen molar-refractivity contribution < 1.29 is 14.6 Å². The summed E-state index contributed by atoms with van der Waals surface area (Å²) in [6, 6.07) is 0. The number of methoxy groups -OCH3 is 1. The molecule has 0 aliphatic carbocycles. The van der Waals surface area contributed by atoms with Crippen LogP contribution in [0, 0.1) is 5.41 Å². The molecule has 5 heteroatoms. The summed E-state index contributed by atoms with van der Waals surface area (Å²) in [5, 5.41) is 14.9. The molecule has 0 saturated heterocycles. The van der Waals surface area contributed by atoms with Gasteiger partial charge in [0.2, 0.25) is 0 Å². The standard InChI is InChI=1S/C14H26N2O3/c1-7-16-11(10(18-6)9-15-16)12(17)13(19-8-2)14(3,4)5/h9,12-13,17H,7-8H2,1-6H3. The molecule has 19 heavy (non-hydrogen) atoms. The predicted octanol–water partition coefficient (Wildman–Crippen LogP) is 2.40. The number of ether oxygens (including phenoxy) is 2. The molecule has 0 aliphatic rings. The van der Waals surface area contributed by atoms with E-state index in [4.69, 9.17) is 9.47 Å². The maximum absolute atomic E-state index is 10.7. The van der Waals surface area contributed by atoms with Gasteiger partial charge in [0.1, 0.15) is 11.8 Å². The Kier molecular flexibility index (Phi) is 5.38. The molecule has 1 aromatic rings. The molecule has 2 unspecified atom stereocenters. The number of aryl methyl sites for hydroxylation is 1. The van der Waals surface area contributed by atoms with Crippen molar-refractivity contribution in [3.8, 4) is 5.75 Å². The predicted molar refractivity (Wildman–Crippen MR) is 74.3 cm³/mol. The Bertz CT molecular complexity index is 374. The molecule has 1 aromatic heterocycles. The van der Waals surface area contributed by atoms with Gasteiger partial charge in [0.05, 0.1) is 19.4 Å². The minimum atomic E-state index is -0.766. The van der Waals surface area contributed by atoms with E-state index in [1.165, 1.54) is 0 Å². The molecule has 1 N–H and O–H groups in total. The van der Waals surface area contributed by atoms with E-state index in [1.807, 2.05) is 13.8 Å². The van der Waals surface area contributed by atoms with Crippen LogP contribution in [0.3, 0.4) is 0 Å². The van der Waals surface area contributed by atoms with E-state index in [1.54, 1.807) is 18.0 Å². The maximum Gasteiger partial charge on any atom is 0.162 e. The Hall–Kier alpha value is -1.07. The minimum absolute atomic E-state index is 0.177. The van der Waals surface area contributed by atoms with Crippen molar-refractivity contribution in [1.29, 1.82) is 0 Å². The van der Waals surface area contributed by atoms with Gasteiger partial charge in [-0.3, -0.25) is 4.68 Å².